The fourth-order valence-corrected chi connectivity index (χ4v) is 1.92. The van der Waals surface area contributed by atoms with Crippen LogP contribution in [-0.4, -0.2) is 36.5 Å². The number of nitriles is 1. The van der Waals surface area contributed by atoms with Gasteiger partial charge in [-0.25, -0.2) is 0 Å². The highest BCUT2D eigenvalue weighted by molar-refractivity contribution is 6.21. The molecule has 0 spiro atoms. The van der Waals surface area contributed by atoms with E-state index in [1.54, 1.807) is 24.3 Å². The molecule has 0 bridgehead atoms. The Morgan fingerprint density at radius 3 is 2.28 bits per heavy atom. The molecule has 0 radical (unpaired) electrons. The molecule has 1 unspecified atom stereocenters. The zero-order valence-electron chi connectivity index (χ0n) is 9.92. The molecule has 5 nitrogen and oxygen atoms in total. The number of nitrogens with zero attached hydrogens (tertiary/aromatic N) is 2. The van der Waals surface area contributed by atoms with Crippen LogP contribution < -0.4 is 0 Å². The SMILES string of the molecule is COC(C#N)CCN1C(=O)c2ccccc2C1=O. The topological polar surface area (TPSA) is 70.4 Å². The van der Waals surface area contributed by atoms with Gasteiger partial charge in [0, 0.05) is 20.1 Å². The second-order valence-corrected chi connectivity index (χ2v) is 3.95. The Kier molecular flexibility index (Phi) is 3.40. The van der Waals surface area contributed by atoms with Crippen LogP contribution in [0.5, 0.6) is 0 Å². The summed E-state index contributed by atoms with van der Waals surface area (Å²) in [7, 11) is 1.43. The summed E-state index contributed by atoms with van der Waals surface area (Å²) >= 11 is 0. The molecule has 18 heavy (non-hydrogen) atoms. The predicted octanol–water partition coefficient (Wildman–Crippen LogP) is 1.21. The molecule has 1 heterocycles. The summed E-state index contributed by atoms with van der Waals surface area (Å²) in [4.78, 5) is 25.1. The Morgan fingerprint density at radius 2 is 1.83 bits per heavy atom. The van der Waals surface area contributed by atoms with Crippen molar-refractivity contribution in [2.45, 2.75) is 12.5 Å². The molecule has 0 aromatic heterocycles. The van der Waals surface area contributed by atoms with Gasteiger partial charge in [0.15, 0.2) is 0 Å². The van der Waals surface area contributed by atoms with Crippen LogP contribution in [0.25, 0.3) is 0 Å². The van der Waals surface area contributed by atoms with Gasteiger partial charge in [-0.2, -0.15) is 5.26 Å². The highest BCUT2D eigenvalue weighted by atomic mass is 16.5. The van der Waals surface area contributed by atoms with Gasteiger partial charge in [-0.1, -0.05) is 12.1 Å². The molecule has 0 aliphatic carbocycles. The number of rotatable bonds is 4. The average molecular weight is 244 g/mol. The summed E-state index contributed by atoms with van der Waals surface area (Å²) in [5.41, 5.74) is 0.849. The molecule has 5 heteroatoms. The van der Waals surface area contributed by atoms with E-state index >= 15 is 0 Å². The van der Waals surface area contributed by atoms with Gasteiger partial charge in [-0.05, 0) is 12.1 Å². The Morgan fingerprint density at radius 1 is 1.28 bits per heavy atom. The van der Waals surface area contributed by atoms with Crippen molar-refractivity contribution in [3.63, 3.8) is 0 Å². The van der Waals surface area contributed by atoms with Gasteiger partial charge in [0.25, 0.3) is 11.8 Å². The van der Waals surface area contributed by atoms with Crippen LogP contribution in [0, 0.1) is 11.3 Å². The molecule has 1 aromatic carbocycles. The first-order chi connectivity index (χ1) is 8.69. The van der Waals surface area contributed by atoms with Crippen molar-refractivity contribution in [3.05, 3.63) is 35.4 Å². The highest BCUT2D eigenvalue weighted by Crippen LogP contribution is 2.22. The predicted molar refractivity (Wildman–Crippen MR) is 62.8 cm³/mol. The first-order valence-corrected chi connectivity index (χ1v) is 5.56. The number of hydrogen-bond donors (Lipinski definition) is 0. The second kappa shape index (κ2) is 4.98. The molecule has 1 atom stereocenters. The lowest BCUT2D eigenvalue weighted by Gasteiger charge is -2.15. The average Bonchev–Trinajstić information content (AvgIpc) is 2.65. The molecule has 0 fully saturated rings. The van der Waals surface area contributed by atoms with Crippen molar-refractivity contribution in [2.75, 3.05) is 13.7 Å². The summed E-state index contributed by atoms with van der Waals surface area (Å²) < 4.78 is 4.90. The third-order valence-corrected chi connectivity index (χ3v) is 2.92. The molecule has 1 aromatic rings. The van der Waals surface area contributed by atoms with Crippen molar-refractivity contribution in [1.82, 2.24) is 4.90 Å². The summed E-state index contributed by atoms with van der Waals surface area (Å²) in [6.07, 6.45) is -0.285. The monoisotopic (exact) mass is 244 g/mol. The largest absolute Gasteiger partial charge is 0.366 e. The number of fused-ring (bicyclic) bond motifs is 1. The van der Waals surface area contributed by atoms with Crippen LogP contribution in [0.3, 0.4) is 0 Å². The number of amides is 2. The van der Waals surface area contributed by atoms with Crippen LogP contribution in [0.1, 0.15) is 27.1 Å². The van der Waals surface area contributed by atoms with Crippen molar-refractivity contribution >= 4 is 11.8 Å². The number of carbonyl (C=O) groups is 2. The maximum absolute atomic E-state index is 12.0. The maximum Gasteiger partial charge on any atom is 0.261 e. The van der Waals surface area contributed by atoms with Crippen LogP contribution in [0.15, 0.2) is 24.3 Å². The molecule has 1 aliphatic heterocycles. The fraction of sp³-hybridized carbons (Fsp3) is 0.308. The Balaban J connectivity index is 2.12. The van der Waals surface area contributed by atoms with E-state index in [1.807, 2.05) is 6.07 Å². The number of ether oxygens (including phenoxy) is 1. The van der Waals surface area contributed by atoms with Crippen molar-refractivity contribution in [2.24, 2.45) is 0 Å². The number of hydrogen-bond acceptors (Lipinski definition) is 4. The molecule has 1 aliphatic rings. The van der Waals surface area contributed by atoms with E-state index in [2.05, 4.69) is 0 Å². The minimum atomic E-state index is -0.602. The quantitative estimate of drug-likeness (QED) is 0.746. The minimum absolute atomic E-state index is 0.193. The smallest absolute Gasteiger partial charge is 0.261 e. The summed E-state index contributed by atoms with van der Waals surface area (Å²) in [6.45, 7) is 0.193. The van der Waals surface area contributed by atoms with E-state index < -0.39 is 6.10 Å². The molecule has 0 saturated carbocycles. The normalized spacial score (nSPS) is 15.4. The Hall–Kier alpha value is -2.19. The lowest BCUT2D eigenvalue weighted by atomic mass is 10.1. The third kappa shape index (κ3) is 1.98. The lowest BCUT2D eigenvalue weighted by molar-refractivity contribution is 0.0619. The summed E-state index contributed by atoms with van der Waals surface area (Å²) in [6, 6.07) is 8.67. The van der Waals surface area contributed by atoms with Gasteiger partial charge in [0.1, 0.15) is 6.10 Å². The van der Waals surface area contributed by atoms with E-state index in [0.717, 1.165) is 4.90 Å². The summed E-state index contributed by atoms with van der Waals surface area (Å²) in [5.74, 6) is -0.605. The van der Waals surface area contributed by atoms with Gasteiger partial charge >= 0.3 is 0 Å². The Labute approximate surface area is 105 Å². The van der Waals surface area contributed by atoms with E-state index in [4.69, 9.17) is 10.00 Å². The van der Waals surface area contributed by atoms with Gasteiger partial charge < -0.3 is 4.74 Å². The molecular formula is C13H12N2O3. The van der Waals surface area contributed by atoms with E-state index in [1.165, 1.54) is 7.11 Å². The zero-order chi connectivity index (χ0) is 13.1. The van der Waals surface area contributed by atoms with E-state index in [9.17, 15) is 9.59 Å². The van der Waals surface area contributed by atoms with Gasteiger partial charge in [-0.3, -0.25) is 14.5 Å². The lowest BCUT2D eigenvalue weighted by Crippen LogP contribution is -2.32. The van der Waals surface area contributed by atoms with E-state index in [-0.39, 0.29) is 18.4 Å². The molecule has 2 rings (SSSR count). The van der Waals surface area contributed by atoms with Crippen molar-refractivity contribution < 1.29 is 14.3 Å². The molecule has 0 saturated heterocycles. The van der Waals surface area contributed by atoms with Crippen LogP contribution >= 0.6 is 0 Å². The molecule has 0 N–H and O–H groups in total. The van der Waals surface area contributed by atoms with E-state index in [0.29, 0.717) is 17.5 Å². The third-order valence-electron chi connectivity index (χ3n) is 2.92. The second-order valence-electron chi connectivity index (χ2n) is 3.95. The number of benzene rings is 1. The Bertz CT molecular complexity index is 498. The first-order valence-electron chi connectivity index (χ1n) is 5.56. The fourth-order valence-electron chi connectivity index (χ4n) is 1.92. The van der Waals surface area contributed by atoms with Gasteiger partial charge in [0.05, 0.1) is 17.2 Å². The summed E-state index contributed by atoms with van der Waals surface area (Å²) in [5, 5.41) is 8.74. The van der Waals surface area contributed by atoms with Gasteiger partial charge in [0.2, 0.25) is 0 Å². The van der Waals surface area contributed by atoms with Crippen molar-refractivity contribution in [1.29, 1.82) is 5.26 Å². The number of methoxy groups -OCH3 is 1. The van der Waals surface area contributed by atoms with Gasteiger partial charge in [-0.15, -0.1) is 0 Å². The van der Waals surface area contributed by atoms with Crippen LogP contribution in [-0.2, 0) is 4.74 Å². The minimum Gasteiger partial charge on any atom is -0.366 e. The maximum atomic E-state index is 12.0. The number of carbonyl (C=O) groups excluding carboxylic acids is 2. The molecular weight excluding hydrogens is 232 g/mol. The van der Waals surface area contributed by atoms with Crippen LogP contribution in [0.4, 0.5) is 0 Å². The van der Waals surface area contributed by atoms with Crippen molar-refractivity contribution in [3.8, 4) is 6.07 Å². The molecule has 92 valence electrons. The van der Waals surface area contributed by atoms with Crippen LogP contribution in [0.2, 0.25) is 0 Å². The number of imide groups is 1. The molecule has 2 amide bonds. The zero-order valence-corrected chi connectivity index (χ0v) is 9.92. The highest BCUT2D eigenvalue weighted by Gasteiger charge is 2.34. The standard InChI is InChI=1S/C13H12N2O3/c1-18-9(8-14)6-7-15-12(16)10-4-2-3-5-11(10)13(15)17/h2-5,9H,6-7H2,1H3. The first kappa shape index (κ1) is 12.3.